The molecule has 4 nitrogen and oxygen atoms in total. The summed E-state index contributed by atoms with van der Waals surface area (Å²) < 4.78 is 12.4. The summed E-state index contributed by atoms with van der Waals surface area (Å²) in [5, 5.41) is 2.62. The second kappa shape index (κ2) is 10.2. The van der Waals surface area contributed by atoms with E-state index in [9.17, 15) is 0 Å². The molecule has 0 bridgehead atoms. The molecule has 6 rings (SSSR count). The monoisotopic (exact) mass is 550 g/mol. The maximum absolute atomic E-state index is 6.22. The Bertz CT molecular complexity index is 1670. The van der Waals surface area contributed by atoms with Crippen molar-refractivity contribution in [1.82, 2.24) is 9.97 Å². The fraction of sp³-hybridized carbons (Fsp3) is 0.0909. The Hall–Kier alpha value is -4.12. The number of pyridine rings is 2. The third-order valence-electron chi connectivity index (χ3n) is 6.90. The van der Waals surface area contributed by atoms with Crippen LogP contribution in [-0.4, -0.2) is 9.97 Å². The molecule has 2 aromatic heterocycles. The van der Waals surface area contributed by atoms with Crippen LogP contribution in [-0.2, 0) is 5.41 Å². The van der Waals surface area contributed by atoms with E-state index in [1.54, 1.807) is 12.1 Å². The van der Waals surface area contributed by atoms with Crippen molar-refractivity contribution in [2.45, 2.75) is 19.3 Å². The first kappa shape index (κ1) is 25.2. The first-order valence-electron chi connectivity index (χ1n) is 12.5. The van der Waals surface area contributed by atoms with E-state index in [1.807, 2.05) is 72.8 Å². The predicted octanol–water partition coefficient (Wildman–Crippen LogP) is 10.0. The van der Waals surface area contributed by atoms with Crippen molar-refractivity contribution < 1.29 is 9.47 Å². The fourth-order valence-corrected chi connectivity index (χ4v) is 5.07. The minimum absolute atomic E-state index is 0.240. The van der Waals surface area contributed by atoms with Gasteiger partial charge in [-0.3, -0.25) is 0 Å². The van der Waals surface area contributed by atoms with Gasteiger partial charge in [-0.15, -0.1) is 0 Å². The number of rotatable bonds is 6. The van der Waals surface area contributed by atoms with Crippen LogP contribution in [0.5, 0.6) is 23.0 Å². The largest absolute Gasteiger partial charge is 0.457 e. The van der Waals surface area contributed by atoms with Crippen LogP contribution in [0.2, 0.25) is 10.3 Å². The SMILES string of the molecule is CC(C)(c1ccc(Oc2cc(Cl)nc3ccccc23)cc1)c1ccc(Oc2cc(Cl)nc3ccccc23)cc1. The van der Waals surface area contributed by atoms with Crippen LogP contribution in [0.15, 0.2) is 109 Å². The van der Waals surface area contributed by atoms with Gasteiger partial charge in [0.1, 0.15) is 33.3 Å². The number of hydrogen-bond donors (Lipinski definition) is 0. The molecule has 0 atom stereocenters. The Kier molecular flexibility index (Phi) is 6.59. The van der Waals surface area contributed by atoms with E-state index in [1.165, 1.54) is 0 Å². The van der Waals surface area contributed by atoms with Gasteiger partial charge in [-0.2, -0.15) is 0 Å². The highest BCUT2D eigenvalue weighted by molar-refractivity contribution is 6.30. The van der Waals surface area contributed by atoms with Crippen molar-refractivity contribution in [2.24, 2.45) is 0 Å². The van der Waals surface area contributed by atoms with Gasteiger partial charge in [-0.1, -0.05) is 85.6 Å². The lowest BCUT2D eigenvalue weighted by Crippen LogP contribution is -2.18. The summed E-state index contributed by atoms with van der Waals surface area (Å²) in [5.74, 6) is 2.82. The zero-order chi connectivity index (χ0) is 27.0. The molecule has 0 amide bonds. The molecule has 6 aromatic rings. The number of nitrogens with zero attached hydrogens (tertiary/aromatic N) is 2. The number of aromatic nitrogens is 2. The van der Waals surface area contributed by atoms with Crippen molar-refractivity contribution in [3.63, 3.8) is 0 Å². The molecule has 0 saturated carbocycles. The van der Waals surface area contributed by atoms with Crippen LogP contribution in [0, 0.1) is 0 Å². The fourth-order valence-electron chi connectivity index (χ4n) is 4.69. The Morgan fingerprint density at radius 1 is 0.538 bits per heavy atom. The normalized spacial score (nSPS) is 11.6. The summed E-state index contributed by atoms with van der Waals surface area (Å²) >= 11 is 12.4. The summed E-state index contributed by atoms with van der Waals surface area (Å²) in [6.45, 7) is 4.40. The van der Waals surface area contributed by atoms with Crippen LogP contribution in [0.25, 0.3) is 21.8 Å². The molecule has 2 heterocycles. The Labute approximate surface area is 236 Å². The molecule has 0 N–H and O–H groups in total. The second-order valence-corrected chi connectivity index (χ2v) is 10.6. The molecule has 192 valence electrons. The molecule has 0 radical (unpaired) electrons. The van der Waals surface area contributed by atoms with Crippen LogP contribution >= 0.6 is 23.2 Å². The van der Waals surface area contributed by atoms with Crippen LogP contribution in [0.3, 0.4) is 0 Å². The molecule has 4 aromatic carbocycles. The number of fused-ring (bicyclic) bond motifs is 2. The number of halogens is 2. The summed E-state index contributed by atoms with van der Waals surface area (Å²) in [7, 11) is 0. The van der Waals surface area contributed by atoms with Crippen LogP contribution in [0.1, 0.15) is 25.0 Å². The van der Waals surface area contributed by atoms with Gasteiger partial charge in [0.2, 0.25) is 0 Å². The van der Waals surface area contributed by atoms with E-state index in [0.29, 0.717) is 21.8 Å². The average molecular weight is 551 g/mol. The zero-order valence-corrected chi connectivity index (χ0v) is 22.9. The molecule has 0 spiro atoms. The maximum atomic E-state index is 6.22. The van der Waals surface area contributed by atoms with Crippen molar-refractivity contribution in [3.8, 4) is 23.0 Å². The molecule has 39 heavy (non-hydrogen) atoms. The van der Waals surface area contributed by atoms with E-state index in [4.69, 9.17) is 32.7 Å². The van der Waals surface area contributed by atoms with Gasteiger partial charge in [0.15, 0.2) is 0 Å². The maximum Gasteiger partial charge on any atom is 0.139 e. The number of benzene rings is 4. The van der Waals surface area contributed by atoms with Gasteiger partial charge in [-0.05, 0) is 59.7 Å². The van der Waals surface area contributed by atoms with Gasteiger partial charge in [-0.25, -0.2) is 9.97 Å². The van der Waals surface area contributed by atoms with Crippen molar-refractivity contribution in [2.75, 3.05) is 0 Å². The van der Waals surface area contributed by atoms with E-state index < -0.39 is 0 Å². The van der Waals surface area contributed by atoms with Crippen molar-refractivity contribution in [3.05, 3.63) is 131 Å². The smallest absolute Gasteiger partial charge is 0.139 e. The molecule has 6 heteroatoms. The van der Waals surface area contributed by atoms with E-state index in [2.05, 4.69) is 48.1 Å². The second-order valence-electron chi connectivity index (χ2n) is 9.80. The summed E-state index contributed by atoms with van der Waals surface area (Å²) in [6.07, 6.45) is 0. The van der Waals surface area contributed by atoms with Gasteiger partial charge < -0.3 is 9.47 Å². The third kappa shape index (κ3) is 5.14. The number of ether oxygens (including phenoxy) is 2. The van der Waals surface area contributed by atoms with E-state index >= 15 is 0 Å². The van der Waals surface area contributed by atoms with E-state index in [-0.39, 0.29) is 5.41 Å². The molecule has 0 aliphatic carbocycles. The molecule has 0 aliphatic heterocycles. The first-order valence-corrected chi connectivity index (χ1v) is 13.3. The average Bonchev–Trinajstić information content (AvgIpc) is 2.93. The Balaban J connectivity index is 1.22. The van der Waals surface area contributed by atoms with Gasteiger partial charge >= 0.3 is 0 Å². The standard InChI is InChI=1S/C33H24Cl2N2O2/c1-33(2,21-11-15-23(16-12-21)38-29-19-31(34)36-27-9-5-3-7-25(27)29)22-13-17-24(18-14-22)39-30-20-32(35)37-28-10-6-4-8-26(28)30/h3-20H,1-2H3. The predicted molar refractivity (Wildman–Crippen MR) is 159 cm³/mol. The topological polar surface area (TPSA) is 44.2 Å². The first-order chi connectivity index (χ1) is 18.9. The number of para-hydroxylation sites is 2. The molecular weight excluding hydrogens is 527 g/mol. The quantitative estimate of drug-likeness (QED) is 0.193. The number of hydrogen-bond acceptors (Lipinski definition) is 4. The Morgan fingerprint density at radius 3 is 1.33 bits per heavy atom. The lowest BCUT2D eigenvalue weighted by atomic mass is 9.78. The van der Waals surface area contributed by atoms with Crippen molar-refractivity contribution in [1.29, 1.82) is 0 Å². The highest BCUT2D eigenvalue weighted by Gasteiger charge is 2.23. The van der Waals surface area contributed by atoms with Crippen LogP contribution < -0.4 is 9.47 Å². The highest BCUT2D eigenvalue weighted by Crippen LogP contribution is 2.37. The van der Waals surface area contributed by atoms with Crippen molar-refractivity contribution >= 4 is 45.0 Å². The summed E-state index contributed by atoms with van der Waals surface area (Å²) in [6, 6.07) is 35.4. The van der Waals surface area contributed by atoms with Gasteiger partial charge in [0, 0.05) is 28.3 Å². The lowest BCUT2D eigenvalue weighted by Gasteiger charge is -2.26. The molecular formula is C33H24Cl2N2O2. The van der Waals surface area contributed by atoms with E-state index in [0.717, 1.165) is 44.4 Å². The summed E-state index contributed by atoms with van der Waals surface area (Å²) in [4.78, 5) is 8.74. The molecule has 0 fully saturated rings. The third-order valence-corrected chi connectivity index (χ3v) is 7.29. The molecule has 0 aliphatic rings. The Morgan fingerprint density at radius 2 is 0.923 bits per heavy atom. The molecule has 0 saturated heterocycles. The minimum Gasteiger partial charge on any atom is -0.457 e. The molecule has 0 unspecified atom stereocenters. The zero-order valence-electron chi connectivity index (χ0n) is 21.4. The van der Waals surface area contributed by atoms with Gasteiger partial charge in [0.25, 0.3) is 0 Å². The highest BCUT2D eigenvalue weighted by atomic mass is 35.5. The summed E-state index contributed by atoms with van der Waals surface area (Å²) in [5.41, 5.74) is 3.67. The lowest BCUT2D eigenvalue weighted by molar-refractivity contribution is 0.486. The van der Waals surface area contributed by atoms with Crippen LogP contribution in [0.4, 0.5) is 0 Å². The van der Waals surface area contributed by atoms with Gasteiger partial charge in [0.05, 0.1) is 11.0 Å². The minimum atomic E-state index is -0.240.